The molecule has 0 aliphatic carbocycles. The van der Waals surface area contributed by atoms with Gasteiger partial charge in [-0.2, -0.15) is 0 Å². The molecule has 4 nitrogen and oxygen atoms in total. The Labute approximate surface area is 154 Å². The summed E-state index contributed by atoms with van der Waals surface area (Å²) >= 11 is 3.45. The quantitative estimate of drug-likeness (QED) is 0.218. The molecule has 0 fully saturated rings. The van der Waals surface area contributed by atoms with Crippen molar-refractivity contribution in [2.24, 2.45) is 5.11 Å². The zero-order valence-electron chi connectivity index (χ0n) is 15.5. The summed E-state index contributed by atoms with van der Waals surface area (Å²) in [4.78, 5) is 16.1. The molecule has 0 aliphatic heterocycles. The van der Waals surface area contributed by atoms with E-state index in [9.17, 15) is 4.79 Å². The van der Waals surface area contributed by atoms with Gasteiger partial charge in [-0.1, -0.05) is 74.0 Å². The van der Waals surface area contributed by atoms with Gasteiger partial charge in [0.25, 0.3) is 0 Å². The SMILES string of the molecule is CC[C@H](N=[N+]=[N-])C(=O)[C@H](Cc1ccc(Br)cc1)[Si](C)(C)C(C)(C)C. The summed E-state index contributed by atoms with van der Waals surface area (Å²) in [6.45, 7) is 13.1. The molecule has 0 unspecified atom stereocenters. The second-order valence-electron chi connectivity index (χ2n) is 7.89. The van der Waals surface area contributed by atoms with Gasteiger partial charge in [-0.15, -0.1) is 0 Å². The van der Waals surface area contributed by atoms with Gasteiger partial charge in [0.05, 0.1) is 14.1 Å². The fourth-order valence-electron chi connectivity index (χ4n) is 2.72. The van der Waals surface area contributed by atoms with Crippen molar-refractivity contribution >= 4 is 29.8 Å². The number of carbonyl (C=O) groups is 1. The fourth-order valence-corrected chi connectivity index (χ4v) is 5.68. The summed E-state index contributed by atoms with van der Waals surface area (Å²) in [6, 6.07) is 7.57. The van der Waals surface area contributed by atoms with E-state index >= 15 is 0 Å². The van der Waals surface area contributed by atoms with Gasteiger partial charge in [-0.05, 0) is 41.1 Å². The molecule has 1 aromatic rings. The number of nitrogens with zero attached hydrogens (tertiary/aromatic N) is 3. The number of rotatable bonds is 7. The van der Waals surface area contributed by atoms with Crippen LogP contribution in [0.1, 0.15) is 39.7 Å². The van der Waals surface area contributed by atoms with Crippen LogP contribution in [0.5, 0.6) is 0 Å². The Morgan fingerprint density at radius 2 is 1.83 bits per heavy atom. The number of azide groups is 1. The largest absolute Gasteiger partial charge is 0.299 e. The molecule has 1 aromatic carbocycles. The maximum absolute atomic E-state index is 13.2. The van der Waals surface area contributed by atoms with E-state index in [1.807, 2.05) is 19.1 Å². The van der Waals surface area contributed by atoms with Crippen molar-refractivity contribution in [2.45, 2.75) is 70.3 Å². The molecular weight excluding hydrogens is 382 g/mol. The Balaban J connectivity index is 3.27. The molecule has 0 saturated heterocycles. The third-order valence-electron chi connectivity index (χ3n) is 5.41. The summed E-state index contributed by atoms with van der Waals surface area (Å²) < 4.78 is 1.03. The minimum absolute atomic E-state index is 0.0749. The first-order valence-corrected chi connectivity index (χ1v) is 12.2. The lowest BCUT2D eigenvalue weighted by Crippen LogP contribution is -2.48. The van der Waals surface area contributed by atoms with Crippen LogP contribution >= 0.6 is 15.9 Å². The molecule has 2 atom stereocenters. The highest BCUT2D eigenvalue weighted by atomic mass is 79.9. The number of carbonyl (C=O) groups excluding carboxylic acids is 1. The Morgan fingerprint density at radius 3 is 2.25 bits per heavy atom. The lowest BCUT2D eigenvalue weighted by atomic mass is 10.0. The standard InChI is InChI=1S/C18H28BrN3OSi/c1-7-15(21-22-20)17(23)16(24(5,6)18(2,3)4)12-13-8-10-14(19)11-9-13/h8-11,15-16H,7,12H2,1-6H3/t15-,16-/m0/s1. The highest BCUT2D eigenvalue weighted by Gasteiger charge is 2.46. The molecule has 0 heterocycles. The van der Waals surface area contributed by atoms with E-state index in [2.05, 4.69) is 72.0 Å². The average Bonchev–Trinajstić information content (AvgIpc) is 2.50. The minimum Gasteiger partial charge on any atom is -0.299 e. The molecule has 0 saturated carbocycles. The van der Waals surface area contributed by atoms with Gasteiger partial charge in [0.1, 0.15) is 5.78 Å². The summed E-state index contributed by atoms with van der Waals surface area (Å²) in [5.74, 6) is 0.102. The predicted molar refractivity (Wildman–Crippen MR) is 107 cm³/mol. The van der Waals surface area contributed by atoms with Gasteiger partial charge in [0, 0.05) is 14.9 Å². The maximum Gasteiger partial charge on any atom is 0.142 e. The minimum atomic E-state index is -1.95. The number of halogens is 1. The van der Waals surface area contributed by atoms with E-state index in [0.29, 0.717) is 12.8 Å². The molecule has 132 valence electrons. The second kappa shape index (κ2) is 8.32. The molecule has 0 aromatic heterocycles. The van der Waals surface area contributed by atoms with Crippen molar-refractivity contribution in [3.8, 4) is 0 Å². The van der Waals surface area contributed by atoms with Gasteiger partial charge in [0.15, 0.2) is 0 Å². The lowest BCUT2D eigenvalue weighted by molar-refractivity contribution is -0.120. The monoisotopic (exact) mass is 409 g/mol. The first-order chi connectivity index (χ1) is 11.0. The summed E-state index contributed by atoms with van der Waals surface area (Å²) in [7, 11) is -1.95. The van der Waals surface area contributed by atoms with Crippen molar-refractivity contribution in [1.29, 1.82) is 0 Å². The third-order valence-corrected chi connectivity index (χ3v) is 12.0. The number of benzene rings is 1. The molecule has 0 spiro atoms. The lowest BCUT2D eigenvalue weighted by Gasteiger charge is -2.43. The van der Waals surface area contributed by atoms with Crippen molar-refractivity contribution < 1.29 is 4.79 Å². The van der Waals surface area contributed by atoms with Crippen LogP contribution in [0.25, 0.3) is 10.4 Å². The van der Waals surface area contributed by atoms with Gasteiger partial charge < -0.3 is 0 Å². The average molecular weight is 410 g/mol. The van der Waals surface area contributed by atoms with E-state index in [-0.39, 0.29) is 16.4 Å². The molecule has 0 bridgehead atoms. The normalized spacial score (nSPS) is 14.6. The Hall–Kier alpha value is -1.10. The van der Waals surface area contributed by atoms with E-state index in [1.165, 1.54) is 0 Å². The Morgan fingerprint density at radius 1 is 1.29 bits per heavy atom. The zero-order valence-corrected chi connectivity index (χ0v) is 18.1. The van der Waals surface area contributed by atoms with Crippen molar-refractivity contribution in [3.05, 3.63) is 44.7 Å². The molecule has 0 aliphatic rings. The van der Waals surface area contributed by atoms with Crippen molar-refractivity contribution in [2.75, 3.05) is 0 Å². The highest BCUT2D eigenvalue weighted by molar-refractivity contribution is 9.10. The molecule has 0 N–H and O–H groups in total. The Kier molecular flexibility index (Phi) is 7.26. The molecule has 6 heteroatoms. The van der Waals surface area contributed by atoms with Crippen LogP contribution in [0.2, 0.25) is 23.7 Å². The smallest absolute Gasteiger partial charge is 0.142 e. The van der Waals surface area contributed by atoms with Gasteiger partial charge in [-0.3, -0.25) is 4.79 Å². The highest BCUT2D eigenvalue weighted by Crippen LogP contribution is 2.46. The van der Waals surface area contributed by atoms with Gasteiger partial charge in [-0.25, -0.2) is 0 Å². The van der Waals surface area contributed by atoms with Crippen LogP contribution in [-0.4, -0.2) is 19.9 Å². The first kappa shape index (κ1) is 20.9. The molecule has 1 rings (SSSR count). The predicted octanol–water partition coefficient (Wildman–Crippen LogP) is 6.53. The van der Waals surface area contributed by atoms with E-state index in [4.69, 9.17) is 5.53 Å². The number of ketones is 1. The summed E-state index contributed by atoms with van der Waals surface area (Å²) in [6.07, 6.45) is 1.26. The second-order valence-corrected chi connectivity index (χ2v) is 14.4. The van der Waals surface area contributed by atoms with Crippen LogP contribution < -0.4 is 0 Å². The van der Waals surface area contributed by atoms with Gasteiger partial charge >= 0.3 is 0 Å². The van der Waals surface area contributed by atoms with Crippen LogP contribution in [0.4, 0.5) is 0 Å². The van der Waals surface area contributed by atoms with Crippen LogP contribution in [0.3, 0.4) is 0 Å². The Bertz CT molecular complexity index is 616. The van der Waals surface area contributed by atoms with Crippen molar-refractivity contribution in [3.63, 3.8) is 0 Å². The summed E-state index contributed by atoms with van der Waals surface area (Å²) in [5, 5.41) is 3.84. The first-order valence-electron chi connectivity index (χ1n) is 8.37. The third kappa shape index (κ3) is 4.95. The van der Waals surface area contributed by atoms with Gasteiger partial charge in [0.2, 0.25) is 0 Å². The number of hydrogen-bond acceptors (Lipinski definition) is 2. The van der Waals surface area contributed by atoms with Crippen LogP contribution in [0.15, 0.2) is 33.9 Å². The zero-order chi connectivity index (χ0) is 18.5. The molecule has 0 radical (unpaired) electrons. The van der Waals surface area contributed by atoms with Crippen LogP contribution in [0, 0.1) is 0 Å². The van der Waals surface area contributed by atoms with E-state index < -0.39 is 14.1 Å². The number of hydrogen-bond donors (Lipinski definition) is 0. The molecular formula is C18H28BrN3OSi. The fraction of sp³-hybridized carbons (Fsp3) is 0.611. The number of Topliss-reactive ketones (excluding diaryl/α,β-unsaturated/α-hetero) is 1. The van der Waals surface area contributed by atoms with Crippen molar-refractivity contribution in [1.82, 2.24) is 0 Å². The molecule has 24 heavy (non-hydrogen) atoms. The molecule has 0 amide bonds. The maximum atomic E-state index is 13.2. The van der Waals surface area contributed by atoms with Crippen LogP contribution in [-0.2, 0) is 11.2 Å². The topological polar surface area (TPSA) is 65.8 Å². The van der Waals surface area contributed by atoms with E-state index in [0.717, 1.165) is 10.0 Å². The van der Waals surface area contributed by atoms with E-state index in [1.54, 1.807) is 0 Å². The summed E-state index contributed by atoms with van der Waals surface area (Å²) in [5.41, 5.74) is 9.87.